The highest BCUT2D eigenvalue weighted by Gasteiger charge is 2.14. The van der Waals surface area contributed by atoms with Crippen molar-refractivity contribution in [1.29, 1.82) is 0 Å². The lowest BCUT2D eigenvalue weighted by Crippen LogP contribution is -2.43. The topological polar surface area (TPSA) is 105 Å². The third-order valence-electron chi connectivity index (χ3n) is 4.60. The Morgan fingerprint density at radius 1 is 1.04 bits per heavy atom. The summed E-state index contributed by atoms with van der Waals surface area (Å²) in [5, 5.41) is 11.0. The molecule has 3 N–H and O–H groups in total. The van der Waals surface area contributed by atoms with Crippen molar-refractivity contribution in [1.82, 2.24) is 10.8 Å². The number of carbonyl (C=O) groups excluding carboxylic acids is 3. The molecule has 7 nitrogen and oxygen atoms in total. The van der Waals surface area contributed by atoms with Gasteiger partial charge in [0.15, 0.2) is 0 Å². The predicted molar refractivity (Wildman–Crippen MR) is 106 cm³/mol. The Hall–Kier alpha value is -2.41. The van der Waals surface area contributed by atoms with E-state index >= 15 is 0 Å². The molecule has 0 saturated carbocycles. The number of amides is 2. The van der Waals surface area contributed by atoms with Crippen LogP contribution in [0.4, 0.5) is 0 Å². The van der Waals surface area contributed by atoms with E-state index in [9.17, 15) is 14.4 Å². The van der Waals surface area contributed by atoms with Gasteiger partial charge in [-0.15, -0.1) is 0 Å². The predicted octanol–water partition coefficient (Wildman–Crippen LogP) is 3.15. The average Bonchev–Trinajstić information content (AvgIpc) is 2.71. The molecule has 0 aliphatic heterocycles. The molecule has 0 fully saturated rings. The van der Waals surface area contributed by atoms with Crippen molar-refractivity contribution in [3.8, 4) is 0 Å². The summed E-state index contributed by atoms with van der Waals surface area (Å²) in [6.45, 7) is 1.52. The highest BCUT2D eigenvalue weighted by molar-refractivity contribution is 5.89. The van der Waals surface area contributed by atoms with Crippen LogP contribution in [0.1, 0.15) is 74.2 Å². The molecule has 0 bridgehead atoms. The quantitative estimate of drug-likeness (QED) is 0.207. The van der Waals surface area contributed by atoms with E-state index in [4.69, 9.17) is 9.94 Å². The first kappa shape index (κ1) is 23.6. The molecule has 156 valence electrons. The maximum Gasteiger partial charge on any atom is 0.337 e. The van der Waals surface area contributed by atoms with Crippen LogP contribution in [-0.2, 0) is 20.7 Å². The summed E-state index contributed by atoms with van der Waals surface area (Å²) in [6, 6.07) is 6.84. The molecule has 2 amide bonds. The first-order chi connectivity index (χ1) is 13.5. The lowest BCUT2D eigenvalue weighted by Gasteiger charge is -2.11. The molecule has 0 radical (unpaired) electrons. The number of methoxy groups -OCH3 is 1. The summed E-state index contributed by atoms with van der Waals surface area (Å²) in [4.78, 5) is 34.3. The number of rotatable bonds is 13. The number of ether oxygens (including phenoxy) is 1. The smallest absolute Gasteiger partial charge is 0.337 e. The first-order valence-corrected chi connectivity index (χ1v) is 9.88. The fraction of sp³-hybridized carbons (Fsp3) is 0.571. The zero-order valence-electron chi connectivity index (χ0n) is 16.8. The number of nitrogens with one attached hydrogen (secondary N) is 2. The van der Waals surface area contributed by atoms with Crippen LogP contribution in [0.5, 0.6) is 0 Å². The maximum atomic E-state index is 11.7. The molecule has 0 saturated heterocycles. The molecule has 1 aromatic rings. The largest absolute Gasteiger partial charge is 0.465 e. The zero-order valence-corrected chi connectivity index (χ0v) is 16.8. The van der Waals surface area contributed by atoms with Gasteiger partial charge in [-0.2, -0.15) is 0 Å². The molecule has 0 aliphatic carbocycles. The molecule has 0 aliphatic rings. The Bertz CT molecular complexity index is 633. The number of esters is 1. The molecule has 0 heterocycles. The lowest BCUT2D eigenvalue weighted by molar-refractivity contribution is -0.134. The minimum atomic E-state index is -0.731. The van der Waals surface area contributed by atoms with Gasteiger partial charge in [-0.25, -0.2) is 10.3 Å². The zero-order chi connectivity index (χ0) is 20.8. The van der Waals surface area contributed by atoms with Crippen molar-refractivity contribution < 1.29 is 24.3 Å². The van der Waals surface area contributed by atoms with E-state index in [1.165, 1.54) is 19.5 Å². The monoisotopic (exact) mass is 392 g/mol. The third kappa shape index (κ3) is 9.50. The Morgan fingerprint density at radius 2 is 1.68 bits per heavy atom. The summed E-state index contributed by atoms with van der Waals surface area (Å²) in [5.41, 5.74) is 3.26. The second-order valence-corrected chi connectivity index (χ2v) is 6.93. The van der Waals surface area contributed by atoms with Crippen molar-refractivity contribution in [2.45, 2.75) is 70.8 Å². The van der Waals surface area contributed by atoms with E-state index in [1.807, 2.05) is 18.2 Å². The van der Waals surface area contributed by atoms with Crippen LogP contribution in [0.3, 0.4) is 0 Å². The molecule has 1 aromatic carbocycles. The Labute approximate surface area is 166 Å². The maximum absolute atomic E-state index is 11.7. The number of aryl methyl sites for hydroxylation is 1. The van der Waals surface area contributed by atoms with Gasteiger partial charge >= 0.3 is 5.97 Å². The van der Waals surface area contributed by atoms with Gasteiger partial charge in [0.25, 0.3) is 5.91 Å². The number of benzene rings is 1. The first-order valence-electron chi connectivity index (χ1n) is 9.88. The van der Waals surface area contributed by atoms with E-state index in [-0.39, 0.29) is 11.9 Å². The van der Waals surface area contributed by atoms with Gasteiger partial charge in [-0.05, 0) is 43.9 Å². The fourth-order valence-electron chi connectivity index (χ4n) is 2.95. The molecule has 0 spiro atoms. The molecule has 1 rings (SSSR count). The molecule has 28 heavy (non-hydrogen) atoms. The highest BCUT2D eigenvalue weighted by atomic mass is 16.5. The Kier molecular flexibility index (Phi) is 11.6. The summed E-state index contributed by atoms with van der Waals surface area (Å²) in [6.07, 6.45) is 8.69. The summed E-state index contributed by atoms with van der Waals surface area (Å²) in [7, 11) is 1.39. The number of hydrogen-bond donors (Lipinski definition) is 3. The van der Waals surface area contributed by atoms with Gasteiger partial charge < -0.3 is 10.1 Å². The number of hydrogen-bond acceptors (Lipinski definition) is 5. The number of hydroxylamine groups is 1. The van der Waals surface area contributed by atoms with Crippen molar-refractivity contribution in [2.75, 3.05) is 7.11 Å². The van der Waals surface area contributed by atoms with Crippen molar-refractivity contribution >= 4 is 17.8 Å². The van der Waals surface area contributed by atoms with Crippen molar-refractivity contribution in [2.24, 2.45) is 0 Å². The minimum Gasteiger partial charge on any atom is -0.465 e. The van der Waals surface area contributed by atoms with Crippen molar-refractivity contribution in [3.05, 3.63) is 35.4 Å². The summed E-state index contributed by atoms with van der Waals surface area (Å²) >= 11 is 0. The minimum absolute atomic E-state index is 0.176. The lowest BCUT2D eigenvalue weighted by atomic mass is 10.0. The van der Waals surface area contributed by atoms with Gasteiger partial charge in [0.1, 0.15) is 6.04 Å². The van der Waals surface area contributed by atoms with Crippen LogP contribution in [0.15, 0.2) is 24.3 Å². The van der Waals surface area contributed by atoms with Crippen molar-refractivity contribution in [3.63, 3.8) is 0 Å². The molecule has 0 aromatic heterocycles. The van der Waals surface area contributed by atoms with Crippen LogP contribution < -0.4 is 10.8 Å². The van der Waals surface area contributed by atoms with Gasteiger partial charge in [-0.3, -0.25) is 14.8 Å². The van der Waals surface area contributed by atoms with Gasteiger partial charge in [-0.1, -0.05) is 44.2 Å². The van der Waals surface area contributed by atoms with E-state index in [0.717, 1.165) is 56.9 Å². The van der Waals surface area contributed by atoms with Crippen LogP contribution in [-0.4, -0.2) is 36.1 Å². The standard InChI is InChI=1S/C21H32N2O5/c1-16(20(25)23-27)22-19(24)14-9-7-5-3-4-6-8-11-17-12-10-13-18(15-17)21(26)28-2/h10,12-13,15-16,27H,3-9,11,14H2,1-2H3,(H,22,24)(H,23,25). The number of unbranched alkanes of at least 4 members (excludes halogenated alkanes) is 6. The fourth-order valence-corrected chi connectivity index (χ4v) is 2.95. The third-order valence-corrected chi connectivity index (χ3v) is 4.60. The molecule has 1 atom stereocenters. The van der Waals surface area contributed by atoms with Gasteiger partial charge in [0, 0.05) is 6.42 Å². The normalized spacial score (nSPS) is 11.5. The van der Waals surface area contributed by atoms with Crippen LogP contribution in [0, 0.1) is 0 Å². The van der Waals surface area contributed by atoms with E-state index < -0.39 is 11.9 Å². The SMILES string of the molecule is COC(=O)c1cccc(CCCCCCCCCC(=O)NC(C)C(=O)NO)c1. The van der Waals surface area contributed by atoms with Crippen LogP contribution in [0.2, 0.25) is 0 Å². The van der Waals surface area contributed by atoms with Gasteiger partial charge in [0.05, 0.1) is 12.7 Å². The van der Waals surface area contributed by atoms with E-state index in [0.29, 0.717) is 12.0 Å². The highest BCUT2D eigenvalue weighted by Crippen LogP contribution is 2.13. The molecule has 7 heteroatoms. The average molecular weight is 392 g/mol. The second-order valence-electron chi connectivity index (χ2n) is 6.93. The number of carbonyl (C=O) groups is 3. The Morgan fingerprint density at radius 3 is 2.32 bits per heavy atom. The van der Waals surface area contributed by atoms with E-state index in [1.54, 1.807) is 6.07 Å². The van der Waals surface area contributed by atoms with Crippen LogP contribution >= 0.6 is 0 Å². The molecular weight excluding hydrogens is 360 g/mol. The van der Waals surface area contributed by atoms with Gasteiger partial charge in [0.2, 0.25) is 5.91 Å². The van der Waals surface area contributed by atoms with E-state index in [2.05, 4.69) is 5.32 Å². The summed E-state index contributed by atoms with van der Waals surface area (Å²) < 4.78 is 4.74. The van der Waals surface area contributed by atoms with Crippen LogP contribution in [0.25, 0.3) is 0 Å². The summed E-state index contributed by atoms with van der Waals surface area (Å²) in [5.74, 6) is -1.10. The molecular formula is C21H32N2O5. The second kappa shape index (κ2) is 13.7. The Balaban J connectivity index is 2.04. The molecule has 1 unspecified atom stereocenters.